The van der Waals surface area contributed by atoms with Crippen LogP contribution in [0.25, 0.3) is 39.5 Å². The van der Waals surface area contributed by atoms with E-state index in [-0.39, 0.29) is 43.0 Å². The highest BCUT2D eigenvalue weighted by molar-refractivity contribution is 5.86. The monoisotopic (exact) mass is 552 g/mol. The molecule has 1 fully saturated rings. The molecule has 6 rings (SSSR count). The lowest BCUT2D eigenvalue weighted by atomic mass is 10.0. The van der Waals surface area contributed by atoms with E-state index in [1.807, 2.05) is 29.7 Å². The Morgan fingerprint density at radius 3 is 2.72 bits per heavy atom. The number of fused-ring (bicyclic) bond motifs is 1. The van der Waals surface area contributed by atoms with Crippen molar-refractivity contribution in [2.75, 3.05) is 6.61 Å². The van der Waals surface area contributed by atoms with Crippen LogP contribution < -0.4 is 4.74 Å². The first-order valence-electron chi connectivity index (χ1n) is 11.0. The number of H-pyrrole nitrogens is 1. The van der Waals surface area contributed by atoms with Gasteiger partial charge in [-0.1, -0.05) is 12.1 Å². The Bertz CT molecular complexity index is 1460. The third-order valence-corrected chi connectivity index (χ3v) is 5.73. The first kappa shape index (κ1) is 27.4. The van der Waals surface area contributed by atoms with Gasteiger partial charge in [0.2, 0.25) is 11.7 Å². The number of aromatic nitrogens is 6. The SMILES string of the molecule is CCCOc1cc(F)ccc1-c1[nH]ncc1-c1ccc2ncc(-c3noc(C4CC4)n3)n2c1.Cl.Cl.Cl. The second-order valence-electron chi connectivity index (χ2n) is 8.17. The van der Waals surface area contributed by atoms with Crippen LogP contribution in [0.5, 0.6) is 5.75 Å². The summed E-state index contributed by atoms with van der Waals surface area (Å²) < 4.78 is 27.1. The molecule has 1 aromatic carbocycles. The van der Waals surface area contributed by atoms with Crippen LogP contribution in [-0.2, 0) is 0 Å². The topological polar surface area (TPSA) is 94.1 Å². The molecule has 190 valence electrons. The molecule has 1 N–H and O–H groups in total. The molecule has 12 heteroatoms. The van der Waals surface area contributed by atoms with E-state index in [9.17, 15) is 4.39 Å². The van der Waals surface area contributed by atoms with Crippen LogP contribution in [0.4, 0.5) is 4.39 Å². The second-order valence-corrected chi connectivity index (χ2v) is 8.17. The maximum absolute atomic E-state index is 13.9. The highest BCUT2D eigenvalue weighted by Gasteiger charge is 2.30. The zero-order valence-corrected chi connectivity index (χ0v) is 21.6. The summed E-state index contributed by atoms with van der Waals surface area (Å²) in [6, 6.07) is 8.43. The van der Waals surface area contributed by atoms with Crippen molar-refractivity contribution >= 4 is 42.9 Å². The molecule has 0 bridgehead atoms. The normalized spacial score (nSPS) is 12.5. The molecule has 4 aromatic heterocycles. The molecule has 0 amide bonds. The van der Waals surface area contributed by atoms with E-state index in [0.29, 0.717) is 30.0 Å². The number of nitrogens with zero attached hydrogens (tertiary/aromatic N) is 5. The minimum absolute atomic E-state index is 0. The fraction of sp³-hybridized carbons (Fsp3) is 0.250. The summed E-state index contributed by atoms with van der Waals surface area (Å²) in [7, 11) is 0. The van der Waals surface area contributed by atoms with E-state index in [1.54, 1.807) is 18.5 Å². The van der Waals surface area contributed by atoms with Gasteiger partial charge in [-0.05, 0) is 43.5 Å². The molecular formula is C24H24Cl3FN6O2. The zero-order valence-electron chi connectivity index (χ0n) is 19.2. The Morgan fingerprint density at radius 2 is 1.94 bits per heavy atom. The van der Waals surface area contributed by atoms with Crippen molar-refractivity contribution in [3.05, 3.63) is 60.6 Å². The number of nitrogens with one attached hydrogen (secondary N) is 1. The summed E-state index contributed by atoms with van der Waals surface area (Å²) in [5.74, 6) is 1.72. The quantitative estimate of drug-likeness (QED) is 0.247. The number of hydrogen-bond acceptors (Lipinski definition) is 6. The molecular weight excluding hydrogens is 530 g/mol. The number of rotatable bonds is 7. The molecule has 8 nitrogen and oxygen atoms in total. The minimum atomic E-state index is -0.346. The molecule has 1 aliphatic rings. The van der Waals surface area contributed by atoms with Crippen LogP contribution in [0.3, 0.4) is 0 Å². The largest absolute Gasteiger partial charge is 0.493 e. The summed E-state index contributed by atoms with van der Waals surface area (Å²) in [6.45, 7) is 2.51. The van der Waals surface area contributed by atoms with Gasteiger partial charge in [0.05, 0.1) is 24.7 Å². The van der Waals surface area contributed by atoms with Crippen molar-refractivity contribution < 1.29 is 13.7 Å². The Kier molecular flexibility index (Phi) is 8.60. The zero-order chi connectivity index (χ0) is 22.4. The number of benzene rings is 1. The Balaban J connectivity index is 0.00000120. The van der Waals surface area contributed by atoms with Crippen molar-refractivity contribution in [3.63, 3.8) is 0 Å². The van der Waals surface area contributed by atoms with Crippen molar-refractivity contribution in [1.29, 1.82) is 0 Å². The standard InChI is InChI=1S/C24H21FN6O2.3ClH/c1-2-9-32-20-10-16(25)6-7-17(20)22-18(11-27-29-22)15-5-8-21-26-12-19(31(21)13-15)23-28-24(33-30-23)14-3-4-14;;;/h5-8,10-14H,2-4,9H2,1H3,(H,27,29);3*1H. The molecule has 0 atom stereocenters. The third-order valence-electron chi connectivity index (χ3n) is 5.73. The van der Waals surface area contributed by atoms with E-state index >= 15 is 0 Å². The number of aromatic amines is 1. The Morgan fingerprint density at radius 1 is 1.11 bits per heavy atom. The molecule has 36 heavy (non-hydrogen) atoms. The number of hydrogen-bond donors (Lipinski definition) is 1. The van der Waals surface area contributed by atoms with Crippen LogP contribution in [0.2, 0.25) is 0 Å². The van der Waals surface area contributed by atoms with E-state index in [4.69, 9.17) is 9.26 Å². The predicted octanol–water partition coefficient (Wildman–Crippen LogP) is 6.51. The molecule has 0 spiro atoms. The first-order valence-corrected chi connectivity index (χ1v) is 11.0. The van der Waals surface area contributed by atoms with Gasteiger partial charge in [-0.3, -0.25) is 9.50 Å². The lowest BCUT2D eigenvalue weighted by Crippen LogP contribution is -1.98. The minimum Gasteiger partial charge on any atom is -0.493 e. The maximum atomic E-state index is 13.9. The lowest BCUT2D eigenvalue weighted by Gasteiger charge is -2.12. The molecule has 5 aromatic rings. The van der Waals surface area contributed by atoms with Crippen LogP contribution in [0.15, 0.2) is 53.4 Å². The highest BCUT2D eigenvalue weighted by atomic mass is 35.5. The summed E-state index contributed by atoms with van der Waals surface area (Å²) in [6.07, 6.45) is 8.47. The van der Waals surface area contributed by atoms with Crippen LogP contribution in [0.1, 0.15) is 38.0 Å². The van der Waals surface area contributed by atoms with Crippen molar-refractivity contribution in [2.24, 2.45) is 0 Å². The van der Waals surface area contributed by atoms with Crippen LogP contribution in [-0.4, -0.2) is 36.3 Å². The number of imidazole rings is 1. The Hall–Kier alpha value is -3.14. The molecule has 1 aliphatic carbocycles. The van der Waals surface area contributed by atoms with Gasteiger partial charge in [0.1, 0.15) is 22.9 Å². The van der Waals surface area contributed by atoms with Gasteiger partial charge < -0.3 is 9.26 Å². The molecule has 1 saturated carbocycles. The van der Waals surface area contributed by atoms with Crippen LogP contribution >= 0.6 is 37.2 Å². The maximum Gasteiger partial charge on any atom is 0.230 e. The molecule has 0 unspecified atom stereocenters. The second kappa shape index (κ2) is 11.3. The summed E-state index contributed by atoms with van der Waals surface area (Å²) in [5, 5.41) is 11.5. The third kappa shape index (κ3) is 5.04. The van der Waals surface area contributed by atoms with E-state index in [1.165, 1.54) is 12.1 Å². The Labute approximate surface area is 224 Å². The van der Waals surface area contributed by atoms with Gasteiger partial charge >= 0.3 is 0 Å². The predicted molar refractivity (Wildman–Crippen MR) is 141 cm³/mol. The molecule has 4 heterocycles. The van der Waals surface area contributed by atoms with Gasteiger partial charge in [-0.15, -0.1) is 37.2 Å². The number of pyridine rings is 1. The average Bonchev–Trinajstić information content (AvgIpc) is 3.22. The first-order chi connectivity index (χ1) is 16.2. The molecule has 0 saturated heterocycles. The number of halogens is 4. The van der Waals surface area contributed by atoms with Crippen molar-refractivity contribution in [1.82, 2.24) is 29.7 Å². The van der Waals surface area contributed by atoms with Crippen molar-refractivity contribution in [2.45, 2.75) is 32.1 Å². The van der Waals surface area contributed by atoms with Gasteiger partial charge in [0, 0.05) is 34.9 Å². The summed E-state index contributed by atoms with van der Waals surface area (Å²) >= 11 is 0. The van der Waals surface area contributed by atoms with Gasteiger partial charge in [0.15, 0.2) is 0 Å². The van der Waals surface area contributed by atoms with Crippen LogP contribution in [0, 0.1) is 5.82 Å². The lowest BCUT2D eigenvalue weighted by molar-refractivity contribution is 0.317. The summed E-state index contributed by atoms with van der Waals surface area (Å²) in [5.41, 5.74) is 4.78. The van der Waals surface area contributed by atoms with E-state index in [0.717, 1.165) is 53.0 Å². The highest BCUT2D eigenvalue weighted by Crippen LogP contribution is 2.40. The average molecular weight is 554 g/mol. The fourth-order valence-corrected chi connectivity index (χ4v) is 3.89. The van der Waals surface area contributed by atoms with Gasteiger partial charge in [0.25, 0.3) is 0 Å². The van der Waals surface area contributed by atoms with Gasteiger partial charge in [-0.2, -0.15) is 10.1 Å². The van der Waals surface area contributed by atoms with E-state index < -0.39 is 0 Å². The number of ether oxygens (including phenoxy) is 1. The molecule has 0 radical (unpaired) electrons. The van der Waals surface area contributed by atoms with Crippen molar-refractivity contribution in [3.8, 4) is 39.7 Å². The summed E-state index contributed by atoms with van der Waals surface area (Å²) in [4.78, 5) is 9.04. The van der Waals surface area contributed by atoms with Gasteiger partial charge in [-0.25, -0.2) is 9.37 Å². The molecule has 0 aliphatic heterocycles. The van der Waals surface area contributed by atoms with E-state index in [2.05, 4.69) is 25.3 Å². The fourth-order valence-electron chi connectivity index (χ4n) is 3.89. The smallest absolute Gasteiger partial charge is 0.230 e.